The number of aryl methyl sites for hydroxylation is 1. The van der Waals surface area contributed by atoms with Gasteiger partial charge in [-0.1, -0.05) is 24.4 Å². The fraction of sp³-hybridized carbons (Fsp3) is 0.231. The maximum absolute atomic E-state index is 5.89. The van der Waals surface area contributed by atoms with Crippen molar-refractivity contribution in [3.05, 3.63) is 39.5 Å². The van der Waals surface area contributed by atoms with Crippen LogP contribution in [0.15, 0.2) is 22.7 Å². The predicted molar refractivity (Wildman–Crippen MR) is 77.4 cm³/mol. The quantitative estimate of drug-likeness (QED) is 0.823. The molecule has 2 N–H and O–H groups in total. The molecule has 1 aliphatic carbocycles. The number of halogens is 1. The van der Waals surface area contributed by atoms with E-state index in [-0.39, 0.29) is 0 Å². The van der Waals surface area contributed by atoms with Gasteiger partial charge in [-0.3, -0.25) is 4.98 Å². The van der Waals surface area contributed by atoms with Gasteiger partial charge in [-0.2, -0.15) is 0 Å². The molecule has 1 aromatic carbocycles. The molecule has 0 radical (unpaired) electrons. The summed E-state index contributed by atoms with van der Waals surface area (Å²) in [4.78, 5) is 5.22. The summed E-state index contributed by atoms with van der Waals surface area (Å²) in [5.41, 5.74) is 10.3. The Morgan fingerprint density at radius 2 is 2.18 bits per heavy atom. The minimum atomic E-state index is 0.480. The van der Waals surface area contributed by atoms with Gasteiger partial charge in [-0.25, -0.2) is 0 Å². The average molecular weight is 307 g/mol. The van der Waals surface area contributed by atoms with Crippen LogP contribution in [0.5, 0.6) is 0 Å². The number of rotatable bonds is 1. The molecule has 1 aliphatic rings. The Morgan fingerprint density at radius 3 is 2.94 bits per heavy atom. The second kappa shape index (κ2) is 4.03. The van der Waals surface area contributed by atoms with Crippen LogP contribution in [0.3, 0.4) is 0 Å². The second-order valence-electron chi connectivity index (χ2n) is 4.27. The molecule has 1 heterocycles. The van der Waals surface area contributed by atoms with E-state index in [1.165, 1.54) is 5.56 Å². The third kappa shape index (κ3) is 1.67. The number of fused-ring (bicyclic) bond motifs is 2. The molecule has 1 aromatic heterocycles. The standard InChI is InChI=1S/C13H11BrN2S/c14-9-5-1-4-8-11(13(15)17)7-3-2-6-10(7)16-12(8)9/h1,4-5H,2-3,6H2,(H2,15,17). The number of nitrogens with zero attached hydrogens (tertiary/aromatic N) is 1. The summed E-state index contributed by atoms with van der Waals surface area (Å²) >= 11 is 8.75. The minimum Gasteiger partial charge on any atom is -0.389 e. The minimum absolute atomic E-state index is 0.480. The van der Waals surface area contributed by atoms with Gasteiger partial charge in [0.2, 0.25) is 0 Å². The van der Waals surface area contributed by atoms with Crippen LogP contribution in [0, 0.1) is 0 Å². The van der Waals surface area contributed by atoms with Crippen LogP contribution in [0.2, 0.25) is 0 Å². The third-order valence-corrected chi connectivity index (χ3v) is 4.08. The van der Waals surface area contributed by atoms with Crippen LogP contribution in [0.4, 0.5) is 0 Å². The van der Waals surface area contributed by atoms with Crippen LogP contribution in [-0.4, -0.2) is 9.97 Å². The molecule has 17 heavy (non-hydrogen) atoms. The van der Waals surface area contributed by atoms with Crippen LogP contribution < -0.4 is 5.73 Å². The number of hydrogen-bond acceptors (Lipinski definition) is 2. The van der Waals surface area contributed by atoms with E-state index in [0.717, 1.165) is 45.9 Å². The van der Waals surface area contributed by atoms with E-state index in [0.29, 0.717) is 4.99 Å². The monoisotopic (exact) mass is 306 g/mol. The van der Waals surface area contributed by atoms with Gasteiger partial charge >= 0.3 is 0 Å². The van der Waals surface area contributed by atoms with Crippen molar-refractivity contribution >= 4 is 44.0 Å². The van der Waals surface area contributed by atoms with Gasteiger partial charge in [0.25, 0.3) is 0 Å². The predicted octanol–water partition coefficient (Wildman–Crippen LogP) is 3.12. The summed E-state index contributed by atoms with van der Waals surface area (Å²) in [7, 11) is 0. The van der Waals surface area contributed by atoms with Gasteiger partial charge in [-0.05, 0) is 46.8 Å². The zero-order valence-corrected chi connectivity index (χ0v) is 11.6. The van der Waals surface area contributed by atoms with Crippen LogP contribution in [0.25, 0.3) is 10.9 Å². The highest BCUT2D eigenvalue weighted by Gasteiger charge is 2.21. The lowest BCUT2D eigenvalue weighted by Crippen LogP contribution is -2.14. The van der Waals surface area contributed by atoms with Crippen molar-refractivity contribution in [3.8, 4) is 0 Å². The number of benzene rings is 1. The lowest BCUT2D eigenvalue weighted by molar-refractivity contribution is 0.901. The average Bonchev–Trinajstić information content (AvgIpc) is 2.74. The SMILES string of the molecule is NC(=S)c1c2c(nc3c(Br)cccc13)CCC2. The van der Waals surface area contributed by atoms with Crippen molar-refractivity contribution in [3.63, 3.8) is 0 Å². The second-order valence-corrected chi connectivity index (χ2v) is 5.56. The summed E-state index contributed by atoms with van der Waals surface area (Å²) in [5, 5.41) is 1.06. The zero-order chi connectivity index (χ0) is 12.0. The Morgan fingerprint density at radius 1 is 1.35 bits per heavy atom. The van der Waals surface area contributed by atoms with Crippen molar-refractivity contribution < 1.29 is 0 Å². The molecule has 0 atom stereocenters. The number of pyridine rings is 1. The Balaban J connectivity index is 2.49. The highest BCUT2D eigenvalue weighted by Crippen LogP contribution is 2.32. The molecule has 2 aromatic rings. The highest BCUT2D eigenvalue weighted by molar-refractivity contribution is 9.10. The van der Waals surface area contributed by atoms with Crippen LogP contribution in [0.1, 0.15) is 23.2 Å². The van der Waals surface area contributed by atoms with Crippen molar-refractivity contribution in [1.82, 2.24) is 4.98 Å². The fourth-order valence-electron chi connectivity index (χ4n) is 2.53. The maximum atomic E-state index is 5.89. The molecule has 0 saturated heterocycles. The molecule has 0 aliphatic heterocycles. The number of thiocarbonyl (C=S) groups is 1. The highest BCUT2D eigenvalue weighted by atomic mass is 79.9. The van der Waals surface area contributed by atoms with E-state index in [1.54, 1.807) is 0 Å². The Hall–Kier alpha value is -1.00. The molecule has 3 rings (SSSR count). The Bertz CT molecular complexity index is 637. The Kier molecular flexibility index (Phi) is 2.64. The smallest absolute Gasteiger partial charge is 0.105 e. The first kappa shape index (κ1) is 11.1. The van der Waals surface area contributed by atoms with Crippen molar-refractivity contribution in [2.45, 2.75) is 19.3 Å². The largest absolute Gasteiger partial charge is 0.389 e. The number of aromatic nitrogens is 1. The van der Waals surface area contributed by atoms with Gasteiger partial charge in [0.05, 0.1) is 5.52 Å². The van der Waals surface area contributed by atoms with E-state index in [2.05, 4.69) is 15.9 Å². The summed E-state index contributed by atoms with van der Waals surface area (Å²) in [6.45, 7) is 0. The van der Waals surface area contributed by atoms with E-state index in [4.69, 9.17) is 22.9 Å². The van der Waals surface area contributed by atoms with Gasteiger partial charge in [-0.15, -0.1) is 0 Å². The number of nitrogens with two attached hydrogens (primary N) is 1. The first-order valence-electron chi connectivity index (χ1n) is 5.58. The van der Waals surface area contributed by atoms with E-state index in [1.807, 2.05) is 18.2 Å². The summed E-state index contributed by atoms with van der Waals surface area (Å²) in [5.74, 6) is 0. The van der Waals surface area contributed by atoms with Crippen molar-refractivity contribution in [1.29, 1.82) is 0 Å². The lowest BCUT2D eigenvalue weighted by atomic mass is 10.0. The topological polar surface area (TPSA) is 38.9 Å². The van der Waals surface area contributed by atoms with Crippen molar-refractivity contribution in [2.75, 3.05) is 0 Å². The van der Waals surface area contributed by atoms with Crippen LogP contribution >= 0.6 is 28.1 Å². The molecule has 0 unspecified atom stereocenters. The molecular formula is C13H11BrN2S. The van der Waals surface area contributed by atoms with E-state index >= 15 is 0 Å². The lowest BCUT2D eigenvalue weighted by Gasteiger charge is -2.11. The third-order valence-electron chi connectivity index (χ3n) is 3.24. The molecule has 0 bridgehead atoms. The molecule has 2 nitrogen and oxygen atoms in total. The molecule has 0 amide bonds. The van der Waals surface area contributed by atoms with E-state index in [9.17, 15) is 0 Å². The Labute approximate surface area is 113 Å². The van der Waals surface area contributed by atoms with Crippen molar-refractivity contribution in [2.24, 2.45) is 5.73 Å². The van der Waals surface area contributed by atoms with Gasteiger partial charge in [0.15, 0.2) is 0 Å². The number of hydrogen-bond donors (Lipinski definition) is 1. The molecule has 86 valence electrons. The van der Waals surface area contributed by atoms with Gasteiger partial charge in [0, 0.05) is 21.1 Å². The summed E-state index contributed by atoms with van der Waals surface area (Å²) < 4.78 is 1.00. The maximum Gasteiger partial charge on any atom is 0.105 e. The molecule has 0 fully saturated rings. The van der Waals surface area contributed by atoms with E-state index < -0.39 is 0 Å². The summed E-state index contributed by atoms with van der Waals surface area (Å²) in [6, 6.07) is 6.04. The van der Waals surface area contributed by atoms with Gasteiger partial charge < -0.3 is 5.73 Å². The molecule has 0 saturated carbocycles. The first-order valence-corrected chi connectivity index (χ1v) is 6.78. The molecule has 4 heteroatoms. The first-order chi connectivity index (χ1) is 8.18. The summed E-state index contributed by atoms with van der Waals surface area (Å²) in [6.07, 6.45) is 3.21. The zero-order valence-electron chi connectivity index (χ0n) is 9.16. The van der Waals surface area contributed by atoms with Crippen LogP contribution in [-0.2, 0) is 12.8 Å². The fourth-order valence-corrected chi connectivity index (χ4v) is 3.22. The number of para-hydroxylation sites is 1. The molecular weight excluding hydrogens is 296 g/mol. The normalized spacial score (nSPS) is 13.9. The van der Waals surface area contributed by atoms with Gasteiger partial charge in [0.1, 0.15) is 4.99 Å². The molecule has 0 spiro atoms.